The molecule has 0 bridgehead atoms. The van der Waals surface area contributed by atoms with Crippen LogP contribution < -0.4 is 4.74 Å². The van der Waals surface area contributed by atoms with E-state index in [1.165, 1.54) is 0 Å². The average Bonchev–Trinajstić information content (AvgIpc) is 2.32. The Morgan fingerprint density at radius 1 is 1.42 bits per heavy atom. The van der Waals surface area contributed by atoms with Crippen LogP contribution in [-0.2, 0) is 0 Å². The van der Waals surface area contributed by atoms with Crippen molar-refractivity contribution in [3.8, 4) is 5.75 Å². The molecule has 1 atom stereocenters. The van der Waals surface area contributed by atoms with Crippen molar-refractivity contribution in [1.82, 2.24) is 0 Å². The molecule has 0 saturated heterocycles. The quantitative estimate of drug-likeness (QED) is 0.274. The molecule has 104 valence electrons. The predicted molar refractivity (Wildman–Crippen MR) is 86.2 cm³/mol. The monoisotopic (exact) mass is 455 g/mol. The number of para-hydroxylation sites is 1. The molecule has 19 heavy (non-hydrogen) atoms. The van der Waals surface area contributed by atoms with Crippen molar-refractivity contribution in [3.63, 3.8) is 0 Å². The van der Waals surface area contributed by atoms with Crippen LogP contribution in [-0.4, -0.2) is 20.2 Å². The van der Waals surface area contributed by atoms with Crippen molar-refractivity contribution >= 4 is 47.8 Å². The van der Waals surface area contributed by atoms with Gasteiger partial charge in [-0.25, -0.2) is 0 Å². The molecule has 4 nitrogen and oxygen atoms in total. The fourth-order valence-electron chi connectivity index (χ4n) is 1.58. The summed E-state index contributed by atoms with van der Waals surface area (Å²) in [5.41, 5.74) is 0.742. The molecule has 0 heterocycles. The third-order valence-electron chi connectivity index (χ3n) is 2.38. The Hall–Kier alpha value is -0.400. The number of nitrogens with zero attached hydrogens (tertiary/aromatic N) is 1. The van der Waals surface area contributed by atoms with Gasteiger partial charge in [0, 0.05) is 10.5 Å². The second-order valence-corrected chi connectivity index (χ2v) is 10.7. The Labute approximate surface area is 136 Å². The minimum atomic E-state index is -0.770. The first kappa shape index (κ1) is 16.7. The van der Waals surface area contributed by atoms with Crippen molar-refractivity contribution in [3.05, 3.63) is 52.6 Å². The van der Waals surface area contributed by atoms with E-state index in [2.05, 4.69) is 54.4 Å². The second-order valence-electron chi connectivity index (χ2n) is 3.75. The van der Waals surface area contributed by atoms with E-state index in [0.29, 0.717) is 12.4 Å². The molecule has 1 rings (SSSR count). The maximum Gasteiger partial charge on any atom is 0.213 e. The molecule has 7 heteroatoms. The summed E-state index contributed by atoms with van der Waals surface area (Å²) in [5.74, 6) is 0.167. The Morgan fingerprint density at radius 2 is 2.05 bits per heavy atom. The van der Waals surface area contributed by atoms with Gasteiger partial charge in [-0.3, -0.25) is 10.1 Å². The Morgan fingerprint density at radius 3 is 2.58 bits per heavy atom. The fourth-order valence-corrected chi connectivity index (χ4v) is 2.75. The lowest BCUT2D eigenvalue weighted by Crippen LogP contribution is -2.24. The van der Waals surface area contributed by atoms with Gasteiger partial charge in [0.2, 0.25) is 6.54 Å². The van der Waals surface area contributed by atoms with Gasteiger partial charge in [-0.15, -0.1) is 0 Å². The number of hydrogen-bond donors (Lipinski definition) is 0. The molecule has 0 amide bonds. The highest BCUT2D eigenvalue weighted by Crippen LogP contribution is 2.48. The molecule has 0 aromatic heterocycles. The number of nitro groups is 1. The lowest BCUT2D eigenvalue weighted by Gasteiger charge is -2.24. The van der Waals surface area contributed by atoms with Gasteiger partial charge in [0.1, 0.15) is 14.5 Å². The molecule has 0 spiro atoms. The smallest absolute Gasteiger partial charge is 0.213 e. The van der Waals surface area contributed by atoms with Crippen molar-refractivity contribution < 1.29 is 9.66 Å². The van der Waals surface area contributed by atoms with Crippen LogP contribution in [0.4, 0.5) is 0 Å². The number of rotatable bonds is 6. The lowest BCUT2D eigenvalue weighted by molar-refractivity contribution is -0.483. The van der Waals surface area contributed by atoms with Crippen molar-refractivity contribution in [1.29, 1.82) is 0 Å². The topological polar surface area (TPSA) is 52.4 Å². The van der Waals surface area contributed by atoms with Gasteiger partial charge < -0.3 is 4.74 Å². The van der Waals surface area contributed by atoms with Crippen LogP contribution in [0.1, 0.15) is 11.5 Å². The summed E-state index contributed by atoms with van der Waals surface area (Å²) in [4.78, 5) is 10.5. The maximum absolute atomic E-state index is 10.8. The molecular weight excluding hydrogens is 446 g/mol. The predicted octanol–water partition coefficient (Wildman–Crippen LogP) is 4.45. The number of ether oxygens (including phenoxy) is 1. The molecule has 0 radical (unpaired) electrons. The number of hydrogen-bond acceptors (Lipinski definition) is 3. The van der Waals surface area contributed by atoms with Gasteiger partial charge in [0.25, 0.3) is 0 Å². The number of benzene rings is 1. The average molecular weight is 458 g/mol. The van der Waals surface area contributed by atoms with Crippen LogP contribution >= 0.6 is 47.8 Å². The van der Waals surface area contributed by atoms with Crippen LogP contribution in [0.5, 0.6) is 5.75 Å². The molecule has 0 N–H and O–H groups in total. The summed E-state index contributed by atoms with van der Waals surface area (Å²) in [5, 5.41) is 10.8. The minimum Gasteiger partial charge on any atom is -0.489 e. The van der Waals surface area contributed by atoms with Gasteiger partial charge in [-0.2, -0.15) is 0 Å². The van der Waals surface area contributed by atoms with E-state index in [9.17, 15) is 10.1 Å². The summed E-state index contributed by atoms with van der Waals surface area (Å²) < 4.78 is 4.77. The first-order valence-corrected chi connectivity index (χ1v) is 7.75. The van der Waals surface area contributed by atoms with Gasteiger partial charge in [-0.1, -0.05) is 78.6 Å². The van der Waals surface area contributed by atoms with E-state index in [4.69, 9.17) is 4.74 Å². The molecule has 0 aliphatic carbocycles. The first-order valence-electron chi connectivity index (χ1n) is 5.37. The fraction of sp³-hybridized carbons (Fsp3) is 0.333. The van der Waals surface area contributed by atoms with Crippen LogP contribution in [0, 0.1) is 10.1 Å². The van der Waals surface area contributed by atoms with E-state index >= 15 is 0 Å². The number of alkyl halides is 3. The van der Waals surface area contributed by atoms with E-state index in [0.717, 1.165) is 5.56 Å². The molecular formula is C12H12Br3NO3. The van der Waals surface area contributed by atoms with Crippen LogP contribution in [0.3, 0.4) is 0 Å². The Balaban J connectivity index is 3.14. The maximum atomic E-state index is 10.8. The largest absolute Gasteiger partial charge is 0.489 e. The molecule has 0 saturated carbocycles. The van der Waals surface area contributed by atoms with Crippen LogP contribution in [0.25, 0.3) is 0 Å². The molecule has 1 aromatic rings. The van der Waals surface area contributed by atoms with Gasteiger partial charge >= 0.3 is 0 Å². The van der Waals surface area contributed by atoms with E-state index < -0.39 is 8.06 Å². The van der Waals surface area contributed by atoms with Crippen molar-refractivity contribution in [2.24, 2.45) is 0 Å². The molecule has 0 aliphatic rings. The third-order valence-corrected chi connectivity index (χ3v) is 4.04. The highest BCUT2D eigenvalue weighted by atomic mass is 80.0. The number of halogens is 3. The molecule has 0 aliphatic heterocycles. The van der Waals surface area contributed by atoms with Crippen molar-refractivity contribution in [2.45, 2.75) is 8.06 Å². The minimum absolute atomic E-state index is 0.240. The van der Waals surface area contributed by atoms with Crippen LogP contribution in [0.2, 0.25) is 0 Å². The summed E-state index contributed by atoms with van der Waals surface area (Å²) >= 11 is 10.1. The van der Waals surface area contributed by atoms with Crippen LogP contribution in [0.15, 0.2) is 36.9 Å². The highest BCUT2D eigenvalue weighted by molar-refractivity contribution is 9.39. The van der Waals surface area contributed by atoms with Gasteiger partial charge in [0.15, 0.2) is 0 Å². The van der Waals surface area contributed by atoms with E-state index in [1.807, 2.05) is 18.2 Å². The highest BCUT2D eigenvalue weighted by Gasteiger charge is 2.37. The normalized spacial score (nSPS) is 12.8. The Kier molecular flexibility index (Phi) is 6.49. The molecule has 1 unspecified atom stereocenters. The first-order chi connectivity index (χ1) is 8.86. The lowest BCUT2D eigenvalue weighted by atomic mass is 10.00. The van der Waals surface area contributed by atoms with E-state index in [-0.39, 0.29) is 11.5 Å². The van der Waals surface area contributed by atoms with Crippen molar-refractivity contribution in [2.75, 3.05) is 13.2 Å². The van der Waals surface area contributed by atoms with E-state index in [1.54, 1.807) is 12.1 Å². The zero-order chi connectivity index (χ0) is 14.5. The summed E-state index contributed by atoms with van der Waals surface area (Å²) in [6, 6.07) is 7.24. The summed E-state index contributed by atoms with van der Waals surface area (Å²) in [6.07, 6.45) is 1.63. The Bertz CT molecular complexity index is 460. The third kappa shape index (κ3) is 5.24. The molecule has 1 aromatic carbocycles. The van der Waals surface area contributed by atoms with Gasteiger partial charge in [0.05, 0.1) is 5.92 Å². The standard InChI is InChI=1S/C12H12Br3NO3/c1-2-7-19-11-6-4-3-5-9(11)10(8-16(17)18)12(13,14)15/h2-6,10H,1,7-8H2. The zero-order valence-corrected chi connectivity index (χ0v) is 14.6. The summed E-state index contributed by atoms with van der Waals surface area (Å²) in [7, 11) is 0. The molecule has 0 fully saturated rings. The SMILES string of the molecule is C=CCOc1ccccc1C(C[N+](=O)[O-])C(Br)(Br)Br. The second kappa shape index (κ2) is 7.40. The zero-order valence-electron chi connectivity index (χ0n) is 9.89. The summed E-state index contributed by atoms with van der Waals surface area (Å²) in [6.45, 7) is 3.70. The van der Waals surface area contributed by atoms with Gasteiger partial charge in [-0.05, 0) is 6.07 Å².